The van der Waals surface area contributed by atoms with Crippen molar-refractivity contribution in [2.75, 3.05) is 31.7 Å². The van der Waals surface area contributed by atoms with E-state index in [2.05, 4.69) is 5.32 Å². The quantitative estimate of drug-likeness (QED) is 0.386. The number of rotatable bonds is 11. The fraction of sp³-hybridized carbons (Fsp3) is 0.321. The Kier molecular flexibility index (Phi) is 9.04. The number of carbonyl (C=O) groups excluding carboxylic acids is 1. The summed E-state index contributed by atoms with van der Waals surface area (Å²) in [5, 5.41) is 2.94. The number of ether oxygens (including phenoxy) is 3. The molecular weight excluding hydrogens is 492 g/mol. The van der Waals surface area contributed by atoms with Crippen LogP contribution in [0.3, 0.4) is 0 Å². The summed E-state index contributed by atoms with van der Waals surface area (Å²) < 4.78 is 44.7. The number of nitrogens with one attached hydrogen (secondary N) is 1. The lowest BCUT2D eigenvalue weighted by atomic mass is 10.0. The van der Waals surface area contributed by atoms with Crippen LogP contribution in [0.5, 0.6) is 17.2 Å². The van der Waals surface area contributed by atoms with Gasteiger partial charge in [0.05, 0.1) is 37.5 Å². The SMILES string of the molecule is CCOc1ccc(N(CC(=O)N[C@@H](C)c2ccc(C)cc2C)S(=O)(=O)c2ccc(OC)c(OC)c2)cc1. The topological polar surface area (TPSA) is 94.2 Å². The van der Waals surface area contributed by atoms with E-state index in [0.717, 1.165) is 21.0 Å². The highest BCUT2D eigenvalue weighted by Gasteiger charge is 2.29. The van der Waals surface area contributed by atoms with Gasteiger partial charge in [0.2, 0.25) is 5.91 Å². The van der Waals surface area contributed by atoms with Crippen molar-refractivity contribution in [3.05, 3.63) is 77.4 Å². The highest BCUT2D eigenvalue weighted by Crippen LogP contribution is 2.32. The number of sulfonamides is 1. The molecule has 198 valence electrons. The van der Waals surface area contributed by atoms with E-state index < -0.39 is 22.5 Å². The molecule has 0 aliphatic carbocycles. The molecule has 37 heavy (non-hydrogen) atoms. The van der Waals surface area contributed by atoms with Gasteiger partial charge in [-0.15, -0.1) is 0 Å². The predicted molar refractivity (Wildman–Crippen MR) is 144 cm³/mol. The van der Waals surface area contributed by atoms with Gasteiger partial charge in [-0.2, -0.15) is 0 Å². The van der Waals surface area contributed by atoms with Gasteiger partial charge < -0.3 is 19.5 Å². The van der Waals surface area contributed by atoms with Crippen LogP contribution in [0.2, 0.25) is 0 Å². The minimum atomic E-state index is -4.15. The number of benzene rings is 3. The predicted octanol–water partition coefficient (Wildman–Crippen LogP) is 4.79. The molecule has 0 bridgehead atoms. The summed E-state index contributed by atoms with van der Waals surface area (Å²) in [7, 11) is -1.25. The molecule has 1 amide bonds. The molecular formula is C28H34N2O6S. The fourth-order valence-corrected chi connectivity index (χ4v) is 5.54. The standard InChI is InChI=1S/C28H34N2O6S/c1-7-36-23-11-9-22(10-12-23)30(37(32,33)24-13-15-26(34-5)27(17-24)35-6)18-28(31)29-21(4)25-14-8-19(2)16-20(25)3/h8-17,21H,7,18H2,1-6H3,(H,29,31)/t21-/m0/s1. The van der Waals surface area contributed by atoms with Gasteiger partial charge in [0.15, 0.2) is 11.5 Å². The van der Waals surface area contributed by atoms with Crippen molar-refractivity contribution in [1.82, 2.24) is 5.32 Å². The van der Waals surface area contributed by atoms with E-state index in [-0.39, 0.29) is 16.7 Å². The van der Waals surface area contributed by atoms with Crippen molar-refractivity contribution in [3.63, 3.8) is 0 Å². The van der Waals surface area contributed by atoms with E-state index in [1.54, 1.807) is 24.3 Å². The molecule has 0 aliphatic rings. The van der Waals surface area contributed by atoms with Gasteiger partial charge in [-0.1, -0.05) is 23.8 Å². The van der Waals surface area contributed by atoms with Crippen LogP contribution in [-0.4, -0.2) is 41.7 Å². The minimum Gasteiger partial charge on any atom is -0.494 e. The first-order chi connectivity index (χ1) is 17.6. The zero-order valence-corrected chi connectivity index (χ0v) is 22.9. The van der Waals surface area contributed by atoms with Gasteiger partial charge in [0, 0.05) is 6.07 Å². The van der Waals surface area contributed by atoms with Crippen LogP contribution in [-0.2, 0) is 14.8 Å². The Morgan fingerprint density at radius 2 is 1.62 bits per heavy atom. The van der Waals surface area contributed by atoms with Crippen molar-refractivity contribution in [2.45, 2.75) is 38.6 Å². The molecule has 3 aromatic rings. The number of amides is 1. The maximum absolute atomic E-state index is 13.8. The van der Waals surface area contributed by atoms with Crippen LogP contribution in [0, 0.1) is 13.8 Å². The van der Waals surface area contributed by atoms with Crippen molar-refractivity contribution >= 4 is 21.6 Å². The van der Waals surface area contributed by atoms with Crippen molar-refractivity contribution in [1.29, 1.82) is 0 Å². The third kappa shape index (κ3) is 6.54. The van der Waals surface area contributed by atoms with E-state index in [1.807, 2.05) is 45.9 Å². The number of hydrogen-bond acceptors (Lipinski definition) is 6. The molecule has 0 aromatic heterocycles. The molecule has 0 spiro atoms. The van der Waals surface area contributed by atoms with Crippen LogP contribution in [0.15, 0.2) is 65.6 Å². The zero-order chi connectivity index (χ0) is 27.2. The number of hydrogen-bond donors (Lipinski definition) is 1. The number of carbonyl (C=O) groups is 1. The van der Waals surface area contributed by atoms with E-state index in [0.29, 0.717) is 23.8 Å². The van der Waals surface area contributed by atoms with Gasteiger partial charge in [-0.05, 0) is 75.2 Å². The molecule has 8 nitrogen and oxygen atoms in total. The van der Waals surface area contributed by atoms with Crippen molar-refractivity contribution in [2.24, 2.45) is 0 Å². The Morgan fingerprint density at radius 3 is 2.22 bits per heavy atom. The summed E-state index contributed by atoms with van der Waals surface area (Å²) >= 11 is 0. The summed E-state index contributed by atoms with van der Waals surface area (Å²) in [6, 6.07) is 16.6. The van der Waals surface area contributed by atoms with Crippen LogP contribution in [0.4, 0.5) is 5.69 Å². The molecule has 0 saturated heterocycles. The van der Waals surface area contributed by atoms with Crippen LogP contribution >= 0.6 is 0 Å². The number of aryl methyl sites for hydroxylation is 2. The summed E-state index contributed by atoms with van der Waals surface area (Å²) in [6.07, 6.45) is 0. The maximum Gasteiger partial charge on any atom is 0.264 e. The molecule has 3 aromatic carbocycles. The Labute approximate surface area is 219 Å². The minimum absolute atomic E-state index is 0.0331. The number of methoxy groups -OCH3 is 2. The molecule has 0 fully saturated rings. The molecule has 9 heteroatoms. The Hall–Kier alpha value is -3.72. The molecule has 0 saturated carbocycles. The second-order valence-corrected chi connectivity index (χ2v) is 10.5. The van der Waals surface area contributed by atoms with Crippen LogP contribution in [0.25, 0.3) is 0 Å². The number of nitrogens with zero attached hydrogens (tertiary/aromatic N) is 1. The zero-order valence-electron chi connectivity index (χ0n) is 22.1. The largest absolute Gasteiger partial charge is 0.494 e. The van der Waals surface area contributed by atoms with Crippen LogP contribution in [0.1, 0.15) is 36.6 Å². The Bertz CT molecular complexity index is 1340. The first kappa shape index (κ1) is 27.9. The average Bonchev–Trinajstić information content (AvgIpc) is 2.87. The fourth-order valence-electron chi connectivity index (χ4n) is 4.10. The normalized spacial score (nSPS) is 11.9. The highest BCUT2D eigenvalue weighted by atomic mass is 32.2. The monoisotopic (exact) mass is 526 g/mol. The molecule has 1 N–H and O–H groups in total. The van der Waals surface area contributed by atoms with E-state index in [1.165, 1.54) is 32.4 Å². The Balaban J connectivity index is 1.95. The highest BCUT2D eigenvalue weighted by molar-refractivity contribution is 7.92. The molecule has 1 atom stereocenters. The van der Waals surface area contributed by atoms with E-state index in [9.17, 15) is 13.2 Å². The van der Waals surface area contributed by atoms with Gasteiger partial charge >= 0.3 is 0 Å². The third-order valence-corrected chi connectivity index (χ3v) is 7.71. The summed E-state index contributed by atoms with van der Waals surface area (Å²) in [5.74, 6) is 0.824. The first-order valence-corrected chi connectivity index (χ1v) is 13.4. The first-order valence-electron chi connectivity index (χ1n) is 11.9. The van der Waals surface area contributed by atoms with Crippen molar-refractivity contribution in [3.8, 4) is 17.2 Å². The van der Waals surface area contributed by atoms with Crippen molar-refractivity contribution < 1.29 is 27.4 Å². The maximum atomic E-state index is 13.8. The molecule has 0 unspecified atom stereocenters. The lowest BCUT2D eigenvalue weighted by molar-refractivity contribution is -0.120. The number of anilines is 1. The lowest BCUT2D eigenvalue weighted by Gasteiger charge is -2.26. The van der Waals surface area contributed by atoms with Gasteiger partial charge in [-0.3, -0.25) is 9.10 Å². The molecule has 0 heterocycles. The third-order valence-electron chi connectivity index (χ3n) is 5.94. The summed E-state index contributed by atoms with van der Waals surface area (Å²) in [6.45, 7) is 7.79. The summed E-state index contributed by atoms with van der Waals surface area (Å²) in [5.41, 5.74) is 3.47. The lowest BCUT2D eigenvalue weighted by Crippen LogP contribution is -2.41. The van der Waals surface area contributed by atoms with Gasteiger partial charge in [0.1, 0.15) is 12.3 Å². The van der Waals surface area contributed by atoms with E-state index in [4.69, 9.17) is 14.2 Å². The molecule has 0 radical (unpaired) electrons. The molecule has 0 aliphatic heterocycles. The average molecular weight is 527 g/mol. The van der Waals surface area contributed by atoms with Crippen LogP contribution < -0.4 is 23.8 Å². The van der Waals surface area contributed by atoms with E-state index >= 15 is 0 Å². The van der Waals surface area contributed by atoms with Gasteiger partial charge in [0.25, 0.3) is 10.0 Å². The molecule has 3 rings (SSSR count). The van der Waals surface area contributed by atoms with Gasteiger partial charge in [-0.25, -0.2) is 8.42 Å². The Morgan fingerprint density at radius 1 is 0.946 bits per heavy atom. The second kappa shape index (κ2) is 12.0. The summed E-state index contributed by atoms with van der Waals surface area (Å²) in [4.78, 5) is 13.1. The smallest absolute Gasteiger partial charge is 0.264 e. The second-order valence-electron chi connectivity index (χ2n) is 8.60.